The average Bonchev–Trinajstić information content (AvgIpc) is 2.17. The highest BCUT2D eigenvalue weighted by Gasteiger charge is 2.09. The SMILES string of the molecule is CCC(CCO)NC(=O)COCCN. The van der Waals surface area contributed by atoms with Crippen molar-refractivity contribution in [2.24, 2.45) is 5.73 Å². The lowest BCUT2D eigenvalue weighted by atomic mass is 10.1. The van der Waals surface area contributed by atoms with Crippen molar-refractivity contribution in [3.05, 3.63) is 0 Å². The first-order valence-electron chi connectivity index (χ1n) is 4.92. The van der Waals surface area contributed by atoms with E-state index in [-0.39, 0.29) is 25.2 Å². The van der Waals surface area contributed by atoms with E-state index in [1.54, 1.807) is 0 Å². The zero-order valence-corrected chi connectivity index (χ0v) is 8.66. The third-order valence-corrected chi connectivity index (χ3v) is 1.83. The van der Waals surface area contributed by atoms with Gasteiger partial charge in [-0.05, 0) is 12.8 Å². The number of aliphatic hydroxyl groups is 1. The molecule has 0 spiro atoms. The third-order valence-electron chi connectivity index (χ3n) is 1.83. The molecule has 4 N–H and O–H groups in total. The highest BCUT2D eigenvalue weighted by Crippen LogP contribution is 1.95. The highest BCUT2D eigenvalue weighted by atomic mass is 16.5. The Morgan fingerprint density at radius 1 is 1.64 bits per heavy atom. The van der Waals surface area contributed by atoms with Crippen LogP contribution < -0.4 is 11.1 Å². The molecule has 0 fully saturated rings. The van der Waals surface area contributed by atoms with E-state index < -0.39 is 0 Å². The number of hydrogen-bond acceptors (Lipinski definition) is 4. The maximum absolute atomic E-state index is 11.2. The number of hydrogen-bond donors (Lipinski definition) is 3. The van der Waals surface area contributed by atoms with Crippen molar-refractivity contribution in [1.82, 2.24) is 5.32 Å². The van der Waals surface area contributed by atoms with Crippen LogP contribution in [0.4, 0.5) is 0 Å². The topological polar surface area (TPSA) is 84.6 Å². The van der Waals surface area contributed by atoms with E-state index in [1.807, 2.05) is 6.92 Å². The van der Waals surface area contributed by atoms with Crippen LogP contribution in [0, 0.1) is 0 Å². The van der Waals surface area contributed by atoms with E-state index in [0.717, 1.165) is 6.42 Å². The van der Waals surface area contributed by atoms with E-state index in [4.69, 9.17) is 15.6 Å². The number of aliphatic hydroxyl groups excluding tert-OH is 1. The summed E-state index contributed by atoms with van der Waals surface area (Å²) in [5.41, 5.74) is 5.20. The molecule has 5 heteroatoms. The predicted molar refractivity (Wildman–Crippen MR) is 53.8 cm³/mol. The molecule has 0 rings (SSSR count). The number of ether oxygens (including phenoxy) is 1. The van der Waals surface area contributed by atoms with Gasteiger partial charge in [0.1, 0.15) is 6.61 Å². The molecule has 1 amide bonds. The molecule has 0 saturated carbocycles. The summed E-state index contributed by atoms with van der Waals surface area (Å²) in [7, 11) is 0. The zero-order valence-electron chi connectivity index (χ0n) is 8.66. The molecule has 0 aromatic carbocycles. The Labute approximate surface area is 84.6 Å². The van der Waals surface area contributed by atoms with Gasteiger partial charge in [-0.2, -0.15) is 0 Å². The van der Waals surface area contributed by atoms with E-state index in [9.17, 15) is 4.79 Å². The molecular formula is C9H20N2O3. The number of nitrogens with one attached hydrogen (secondary N) is 1. The van der Waals surface area contributed by atoms with Gasteiger partial charge in [-0.15, -0.1) is 0 Å². The van der Waals surface area contributed by atoms with Crippen molar-refractivity contribution in [2.75, 3.05) is 26.4 Å². The van der Waals surface area contributed by atoms with Gasteiger partial charge in [0.15, 0.2) is 0 Å². The molecule has 0 bridgehead atoms. The normalized spacial score (nSPS) is 12.5. The molecule has 0 aromatic rings. The fourth-order valence-corrected chi connectivity index (χ4v) is 1.05. The summed E-state index contributed by atoms with van der Waals surface area (Å²) in [6.45, 7) is 2.90. The molecule has 0 heterocycles. The van der Waals surface area contributed by atoms with Crippen molar-refractivity contribution < 1.29 is 14.6 Å². The van der Waals surface area contributed by atoms with Crippen LogP contribution in [0.15, 0.2) is 0 Å². The second kappa shape index (κ2) is 8.93. The van der Waals surface area contributed by atoms with Gasteiger partial charge in [0, 0.05) is 19.2 Å². The lowest BCUT2D eigenvalue weighted by Crippen LogP contribution is -2.37. The Kier molecular flexibility index (Phi) is 8.51. The second-order valence-electron chi connectivity index (χ2n) is 3.03. The third kappa shape index (κ3) is 6.82. The second-order valence-corrected chi connectivity index (χ2v) is 3.03. The van der Waals surface area contributed by atoms with Gasteiger partial charge in [-0.25, -0.2) is 0 Å². The highest BCUT2D eigenvalue weighted by molar-refractivity contribution is 5.77. The van der Waals surface area contributed by atoms with Crippen LogP contribution in [0.2, 0.25) is 0 Å². The monoisotopic (exact) mass is 204 g/mol. The Morgan fingerprint density at radius 3 is 2.86 bits per heavy atom. The quantitative estimate of drug-likeness (QED) is 0.454. The number of rotatable bonds is 8. The van der Waals surface area contributed by atoms with Crippen LogP contribution in [0.5, 0.6) is 0 Å². The fraction of sp³-hybridized carbons (Fsp3) is 0.889. The van der Waals surface area contributed by atoms with Gasteiger partial charge in [-0.1, -0.05) is 6.92 Å². The van der Waals surface area contributed by atoms with Crippen molar-refractivity contribution in [3.63, 3.8) is 0 Å². The summed E-state index contributed by atoms with van der Waals surface area (Å²) in [5, 5.41) is 11.5. The van der Waals surface area contributed by atoms with E-state index in [1.165, 1.54) is 0 Å². The molecule has 1 unspecified atom stereocenters. The van der Waals surface area contributed by atoms with Crippen molar-refractivity contribution in [1.29, 1.82) is 0 Å². The molecule has 0 aliphatic carbocycles. The maximum atomic E-state index is 11.2. The Hall–Kier alpha value is -0.650. The fourth-order valence-electron chi connectivity index (χ4n) is 1.05. The van der Waals surface area contributed by atoms with Crippen LogP contribution in [0.1, 0.15) is 19.8 Å². The number of nitrogens with two attached hydrogens (primary N) is 1. The lowest BCUT2D eigenvalue weighted by molar-refractivity contribution is -0.126. The Bertz CT molecular complexity index is 153. The van der Waals surface area contributed by atoms with Gasteiger partial charge in [0.25, 0.3) is 0 Å². The molecule has 0 aliphatic heterocycles. The largest absolute Gasteiger partial charge is 0.396 e. The van der Waals surface area contributed by atoms with Crippen LogP contribution in [-0.4, -0.2) is 43.4 Å². The lowest BCUT2D eigenvalue weighted by Gasteiger charge is -2.15. The van der Waals surface area contributed by atoms with Gasteiger partial charge in [0.05, 0.1) is 6.61 Å². The van der Waals surface area contributed by atoms with Crippen LogP contribution in [0.3, 0.4) is 0 Å². The van der Waals surface area contributed by atoms with Crippen LogP contribution in [0.25, 0.3) is 0 Å². The van der Waals surface area contributed by atoms with E-state index >= 15 is 0 Å². The van der Waals surface area contributed by atoms with E-state index in [0.29, 0.717) is 19.6 Å². The van der Waals surface area contributed by atoms with Gasteiger partial charge in [-0.3, -0.25) is 4.79 Å². The molecular weight excluding hydrogens is 184 g/mol. The summed E-state index contributed by atoms with van der Waals surface area (Å²) in [4.78, 5) is 11.2. The number of amides is 1. The van der Waals surface area contributed by atoms with Crippen molar-refractivity contribution in [3.8, 4) is 0 Å². The van der Waals surface area contributed by atoms with Crippen molar-refractivity contribution >= 4 is 5.91 Å². The van der Waals surface area contributed by atoms with Gasteiger partial charge >= 0.3 is 0 Å². The average molecular weight is 204 g/mol. The zero-order chi connectivity index (χ0) is 10.8. The molecule has 1 atom stereocenters. The van der Waals surface area contributed by atoms with Crippen LogP contribution >= 0.6 is 0 Å². The Balaban J connectivity index is 3.56. The van der Waals surface area contributed by atoms with Gasteiger partial charge < -0.3 is 20.9 Å². The smallest absolute Gasteiger partial charge is 0.246 e. The number of carbonyl (C=O) groups is 1. The van der Waals surface area contributed by atoms with Gasteiger partial charge in [0.2, 0.25) is 5.91 Å². The molecule has 0 aliphatic rings. The summed E-state index contributed by atoms with van der Waals surface area (Å²) in [5.74, 6) is -0.154. The predicted octanol–water partition coefficient (Wildman–Crippen LogP) is -0.761. The first-order valence-corrected chi connectivity index (χ1v) is 4.92. The summed E-state index contributed by atoms with van der Waals surface area (Å²) >= 11 is 0. The molecule has 84 valence electrons. The minimum absolute atomic E-state index is 0.0361. The maximum Gasteiger partial charge on any atom is 0.246 e. The summed E-state index contributed by atoms with van der Waals surface area (Å²) in [6.07, 6.45) is 1.39. The molecule has 0 radical (unpaired) electrons. The van der Waals surface area contributed by atoms with Crippen molar-refractivity contribution in [2.45, 2.75) is 25.8 Å². The van der Waals surface area contributed by atoms with E-state index in [2.05, 4.69) is 5.32 Å². The minimum atomic E-state index is -0.154. The standard InChI is InChI=1S/C9H20N2O3/c1-2-8(3-5-12)11-9(13)7-14-6-4-10/h8,12H,2-7,10H2,1H3,(H,11,13). The molecule has 0 saturated heterocycles. The Morgan fingerprint density at radius 2 is 2.36 bits per heavy atom. The molecule has 5 nitrogen and oxygen atoms in total. The molecule has 14 heavy (non-hydrogen) atoms. The first-order chi connectivity index (χ1) is 6.74. The summed E-state index contributed by atoms with van der Waals surface area (Å²) < 4.78 is 4.97. The molecule has 0 aromatic heterocycles. The first kappa shape index (κ1) is 13.4. The summed E-state index contributed by atoms with van der Waals surface area (Å²) in [6, 6.07) is 0.0361. The minimum Gasteiger partial charge on any atom is -0.396 e. The van der Waals surface area contributed by atoms with Crippen LogP contribution in [-0.2, 0) is 9.53 Å². The number of carbonyl (C=O) groups excluding carboxylic acids is 1.